The molecule has 3 N–H and O–H groups in total. The van der Waals surface area contributed by atoms with E-state index < -0.39 is 17.7 Å². The number of carbonyl (C=O) groups excluding carboxylic acids is 2. The standard InChI is InChI=1S/C18H27N3O3/c1-18(2,3)24-17(23)21-9-5-8-15(21)16(22)20-12-14-7-4-6-13(10-14)11-19/h4,6-7,10,15H,5,8-9,11-12,19H2,1-3H3,(H,20,22)/t15-/m0/s1. The van der Waals surface area contributed by atoms with Gasteiger partial charge in [-0.05, 0) is 44.7 Å². The zero-order chi connectivity index (χ0) is 17.7. The number of hydrogen-bond acceptors (Lipinski definition) is 4. The van der Waals surface area contributed by atoms with Crippen LogP contribution in [0.15, 0.2) is 24.3 Å². The number of likely N-dealkylation sites (tertiary alicyclic amines) is 1. The number of nitrogens with zero attached hydrogens (tertiary/aromatic N) is 1. The zero-order valence-electron chi connectivity index (χ0n) is 14.7. The molecule has 0 radical (unpaired) electrons. The molecule has 0 saturated carbocycles. The molecule has 6 heteroatoms. The molecular formula is C18H27N3O3. The van der Waals surface area contributed by atoms with Crippen LogP contribution in [0.5, 0.6) is 0 Å². The van der Waals surface area contributed by atoms with Crippen molar-refractivity contribution in [2.75, 3.05) is 6.54 Å². The summed E-state index contributed by atoms with van der Waals surface area (Å²) in [4.78, 5) is 26.2. The van der Waals surface area contributed by atoms with Crippen molar-refractivity contribution in [3.05, 3.63) is 35.4 Å². The van der Waals surface area contributed by atoms with Gasteiger partial charge < -0.3 is 15.8 Å². The van der Waals surface area contributed by atoms with Gasteiger partial charge in [0, 0.05) is 19.6 Å². The Hall–Kier alpha value is -2.08. The molecular weight excluding hydrogens is 306 g/mol. The highest BCUT2D eigenvalue weighted by Crippen LogP contribution is 2.21. The number of rotatable bonds is 4. The lowest BCUT2D eigenvalue weighted by atomic mass is 10.1. The Kier molecular flexibility index (Phi) is 5.83. The van der Waals surface area contributed by atoms with E-state index in [4.69, 9.17) is 10.5 Å². The van der Waals surface area contributed by atoms with Crippen LogP contribution in [0.4, 0.5) is 4.79 Å². The summed E-state index contributed by atoms with van der Waals surface area (Å²) >= 11 is 0. The van der Waals surface area contributed by atoms with E-state index in [2.05, 4.69) is 5.32 Å². The second-order valence-corrected chi connectivity index (χ2v) is 7.07. The lowest BCUT2D eigenvalue weighted by molar-refractivity contribution is -0.125. The summed E-state index contributed by atoms with van der Waals surface area (Å²) in [5.74, 6) is -0.142. The topological polar surface area (TPSA) is 84.7 Å². The number of benzene rings is 1. The molecule has 0 spiro atoms. The number of nitrogens with two attached hydrogens (primary N) is 1. The van der Waals surface area contributed by atoms with Gasteiger partial charge in [0.05, 0.1) is 0 Å². The van der Waals surface area contributed by atoms with Gasteiger partial charge >= 0.3 is 6.09 Å². The maximum atomic E-state index is 12.5. The molecule has 2 rings (SSSR count). The number of hydrogen-bond donors (Lipinski definition) is 2. The van der Waals surface area contributed by atoms with E-state index in [1.54, 1.807) is 0 Å². The van der Waals surface area contributed by atoms with Crippen molar-refractivity contribution < 1.29 is 14.3 Å². The van der Waals surface area contributed by atoms with Crippen LogP contribution in [0.1, 0.15) is 44.7 Å². The minimum absolute atomic E-state index is 0.142. The fourth-order valence-electron chi connectivity index (χ4n) is 2.75. The molecule has 1 aromatic rings. The summed E-state index contributed by atoms with van der Waals surface area (Å²) in [6.07, 6.45) is 1.04. The molecule has 0 unspecified atom stereocenters. The van der Waals surface area contributed by atoms with E-state index in [1.165, 1.54) is 4.90 Å². The summed E-state index contributed by atoms with van der Waals surface area (Å²) in [5, 5.41) is 2.91. The van der Waals surface area contributed by atoms with Gasteiger partial charge in [0.15, 0.2) is 0 Å². The lowest BCUT2D eigenvalue weighted by Crippen LogP contribution is -2.47. The van der Waals surface area contributed by atoms with Crippen LogP contribution in [0.2, 0.25) is 0 Å². The van der Waals surface area contributed by atoms with Crippen molar-refractivity contribution in [3.63, 3.8) is 0 Å². The highest BCUT2D eigenvalue weighted by Gasteiger charge is 2.36. The molecule has 1 aromatic carbocycles. The molecule has 0 aromatic heterocycles. The average molecular weight is 333 g/mol. The minimum Gasteiger partial charge on any atom is -0.444 e. The monoisotopic (exact) mass is 333 g/mol. The van der Waals surface area contributed by atoms with Crippen LogP contribution in [-0.4, -0.2) is 35.1 Å². The highest BCUT2D eigenvalue weighted by molar-refractivity contribution is 5.86. The van der Waals surface area contributed by atoms with Crippen LogP contribution < -0.4 is 11.1 Å². The Morgan fingerprint density at radius 3 is 2.71 bits per heavy atom. The predicted molar refractivity (Wildman–Crippen MR) is 92.1 cm³/mol. The number of amides is 2. The molecule has 1 aliphatic heterocycles. The first kappa shape index (κ1) is 18.3. The lowest BCUT2D eigenvalue weighted by Gasteiger charge is -2.28. The first-order chi connectivity index (χ1) is 11.3. The first-order valence-electron chi connectivity index (χ1n) is 8.35. The van der Waals surface area contributed by atoms with Crippen molar-refractivity contribution in [2.45, 2.75) is 58.3 Å². The van der Waals surface area contributed by atoms with Crippen molar-refractivity contribution in [1.82, 2.24) is 10.2 Å². The van der Waals surface area contributed by atoms with E-state index in [0.29, 0.717) is 26.1 Å². The van der Waals surface area contributed by atoms with Gasteiger partial charge in [-0.3, -0.25) is 9.69 Å². The van der Waals surface area contributed by atoms with Crippen molar-refractivity contribution in [1.29, 1.82) is 0 Å². The second-order valence-electron chi connectivity index (χ2n) is 7.07. The molecule has 1 aliphatic rings. The molecule has 1 atom stereocenters. The van der Waals surface area contributed by atoms with Gasteiger partial charge in [-0.25, -0.2) is 4.79 Å². The normalized spacial score (nSPS) is 17.7. The van der Waals surface area contributed by atoms with E-state index in [1.807, 2.05) is 45.0 Å². The van der Waals surface area contributed by atoms with Gasteiger partial charge in [-0.1, -0.05) is 24.3 Å². The number of nitrogens with one attached hydrogen (secondary N) is 1. The molecule has 1 heterocycles. The SMILES string of the molecule is CC(C)(C)OC(=O)N1CCC[C@H]1C(=O)NCc1cccc(CN)c1. The van der Waals surface area contributed by atoms with Crippen molar-refractivity contribution in [3.8, 4) is 0 Å². The maximum absolute atomic E-state index is 12.5. The molecule has 2 amide bonds. The third-order valence-corrected chi connectivity index (χ3v) is 3.88. The van der Waals surface area contributed by atoms with Crippen LogP contribution in [0.25, 0.3) is 0 Å². The summed E-state index contributed by atoms with van der Waals surface area (Å²) in [5.41, 5.74) is 7.08. The third kappa shape index (κ3) is 4.96. The van der Waals surface area contributed by atoms with Gasteiger partial charge in [-0.2, -0.15) is 0 Å². The molecule has 0 bridgehead atoms. The Morgan fingerprint density at radius 1 is 1.33 bits per heavy atom. The van der Waals surface area contributed by atoms with Gasteiger partial charge in [0.2, 0.25) is 5.91 Å². The van der Waals surface area contributed by atoms with E-state index in [0.717, 1.165) is 17.5 Å². The van der Waals surface area contributed by atoms with Crippen molar-refractivity contribution >= 4 is 12.0 Å². The first-order valence-corrected chi connectivity index (χ1v) is 8.35. The average Bonchev–Trinajstić information content (AvgIpc) is 3.01. The van der Waals surface area contributed by atoms with Crippen LogP contribution in [-0.2, 0) is 22.6 Å². The molecule has 1 fully saturated rings. The maximum Gasteiger partial charge on any atom is 0.410 e. The Bertz CT molecular complexity index is 595. The smallest absolute Gasteiger partial charge is 0.410 e. The second kappa shape index (κ2) is 7.66. The van der Waals surface area contributed by atoms with E-state index in [9.17, 15) is 9.59 Å². The summed E-state index contributed by atoms with van der Waals surface area (Å²) in [7, 11) is 0. The summed E-state index contributed by atoms with van der Waals surface area (Å²) in [6.45, 7) is 6.90. The Balaban J connectivity index is 1.94. The van der Waals surface area contributed by atoms with Gasteiger partial charge in [0.1, 0.15) is 11.6 Å². The fraction of sp³-hybridized carbons (Fsp3) is 0.556. The molecule has 0 aliphatic carbocycles. The van der Waals surface area contributed by atoms with Crippen LogP contribution in [0.3, 0.4) is 0 Å². The molecule has 1 saturated heterocycles. The summed E-state index contributed by atoms with van der Waals surface area (Å²) < 4.78 is 5.39. The largest absolute Gasteiger partial charge is 0.444 e. The quantitative estimate of drug-likeness (QED) is 0.884. The Morgan fingerprint density at radius 2 is 2.04 bits per heavy atom. The third-order valence-electron chi connectivity index (χ3n) is 3.88. The zero-order valence-corrected chi connectivity index (χ0v) is 14.7. The van der Waals surface area contributed by atoms with Crippen LogP contribution in [0, 0.1) is 0 Å². The molecule has 132 valence electrons. The molecule has 6 nitrogen and oxygen atoms in total. The van der Waals surface area contributed by atoms with Crippen molar-refractivity contribution in [2.24, 2.45) is 5.73 Å². The van der Waals surface area contributed by atoms with Crippen LogP contribution >= 0.6 is 0 Å². The molecule has 24 heavy (non-hydrogen) atoms. The predicted octanol–water partition coefficient (Wildman–Crippen LogP) is 2.16. The van der Waals surface area contributed by atoms with Gasteiger partial charge in [0.25, 0.3) is 0 Å². The van der Waals surface area contributed by atoms with E-state index >= 15 is 0 Å². The summed E-state index contributed by atoms with van der Waals surface area (Å²) in [6, 6.07) is 7.33. The minimum atomic E-state index is -0.566. The number of carbonyl (C=O) groups is 2. The number of ether oxygens (including phenoxy) is 1. The fourth-order valence-corrected chi connectivity index (χ4v) is 2.75. The highest BCUT2D eigenvalue weighted by atomic mass is 16.6. The Labute approximate surface area is 143 Å². The van der Waals surface area contributed by atoms with Gasteiger partial charge in [-0.15, -0.1) is 0 Å². The van der Waals surface area contributed by atoms with E-state index in [-0.39, 0.29) is 5.91 Å².